The van der Waals surface area contributed by atoms with Crippen molar-refractivity contribution in [2.24, 2.45) is 0 Å². The minimum absolute atomic E-state index is 0.306. The molecular formula is C3H14O3Si2. The van der Waals surface area contributed by atoms with E-state index in [2.05, 4.69) is 0 Å². The van der Waals surface area contributed by atoms with Crippen molar-refractivity contribution in [3.63, 3.8) is 0 Å². The fourth-order valence-corrected chi connectivity index (χ4v) is 0.289. The topological polar surface area (TPSA) is 38.7 Å². The Kier molecular flexibility index (Phi) is 14.4. The highest BCUT2D eigenvalue weighted by atomic mass is 28.3. The average molecular weight is 154 g/mol. The van der Waals surface area contributed by atoms with Crippen molar-refractivity contribution in [1.29, 1.82) is 0 Å². The molecule has 0 spiro atoms. The summed E-state index contributed by atoms with van der Waals surface area (Å²) < 4.78 is 9.63. The van der Waals surface area contributed by atoms with Gasteiger partial charge in [-0.05, 0) is 6.55 Å². The van der Waals surface area contributed by atoms with Crippen LogP contribution in [0.4, 0.5) is 0 Å². The maximum absolute atomic E-state index is 7.14. The van der Waals surface area contributed by atoms with Crippen molar-refractivity contribution in [3.8, 4) is 0 Å². The SMILES string of the molecule is CO[SiH](C)OC.O[SiH3]. The highest BCUT2D eigenvalue weighted by molar-refractivity contribution is 6.42. The van der Waals surface area contributed by atoms with Crippen LogP contribution in [-0.4, -0.2) is 38.8 Å². The lowest BCUT2D eigenvalue weighted by molar-refractivity contribution is 0.285. The van der Waals surface area contributed by atoms with Crippen molar-refractivity contribution in [2.45, 2.75) is 6.55 Å². The lowest BCUT2D eigenvalue weighted by Crippen LogP contribution is -2.12. The summed E-state index contributed by atoms with van der Waals surface area (Å²) in [7, 11) is 2.48. The fraction of sp³-hybridized carbons (Fsp3) is 1.00. The van der Waals surface area contributed by atoms with Crippen LogP contribution in [0.3, 0.4) is 0 Å². The molecule has 0 atom stereocenters. The van der Waals surface area contributed by atoms with Gasteiger partial charge in [0.15, 0.2) is 0 Å². The molecule has 0 aromatic carbocycles. The highest BCUT2D eigenvalue weighted by Gasteiger charge is 1.94. The predicted molar refractivity (Wildman–Crippen MR) is 39.2 cm³/mol. The smallest absolute Gasteiger partial charge is 0.317 e. The standard InChI is InChI=1S/C3H10O2Si.H4OSi/c1-4-6(3)5-2;1-2/h6H,1-3H3;1H,2H3. The molecule has 0 unspecified atom stereocenters. The summed E-state index contributed by atoms with van der Waals surface area (Å²) in [5.41, 5.74) is 0. The molecule has 0 radical (unpaired) electrons. The van der Waals surface area contributed by atoms with E-state index in [1.807, 2.05) is 6.55 Å². The van der Waals surface area contributed by atoms with Gasteiger partial charge in [0.2, 0.25) is 0 Å². The molecule has 0 saturated carbocycles. The zero-order chi connectivity index (χ0) is 6.99. The molecule has 0 amide bonds. The van der Waals surface area contributed by atoms with Crippen LogP contribution in [0.15, 0.2) is 0 Å². The second-order valence-corrected chi connectivity index (χ2v) is 3.12. The van der Waals surface area contributed by atoms with Crippen molar-refractivity contribution >= 4 is 19.8 Å². The molecule has 0 aliphatic rings. The third-order valence-electron chi connectivity index (χ3n) is 0.664. The summed E-state index contributed by atoms with van der Waals surface area (Å²) in [6, 6.07) is 0. The van der Waals surface area contributed by atoms with E-state index in [-0.39, 0.29) is 0 Å². The molecule has 1 N–H and O–H groups in total. The van der Waals surface area contributed by atoms with Crippen molar-refractivity contribution < 1.29 is 13.6 Å². The van der Waals surface area contributed by atoms with E-state index in [1.54, 1.807) is 14.2 Å². The summed E-state index contributed by atoms with van der Waals surface area (Å²) in [5, 5.41) is 0. The van der Waals surface area contributed by atoms with E-state index in [9.17, 15) is 0 Å². The van der Waals surface area contributed by atoms with Gasteiger partial charge in [0.25, 0.3) is 0 Å². The first-order valence-corrected chi connectivity index (χ1v) is 5.30. The van der Waals surface area contributed by atoms with Crippen LogP contribution in [0.5, 0.6) is 0 Å². The van der Waals surface area contributed by atoms with Crippen LogP contribution in [0, 0.1) is 0 Å². The minimum atomic E-state index is -1.16. The largest absolute Gasteiger partial charge is 0.442 e. The van der Waals surface area contributed by atoms with E-state index in [1.165, 1.54) is 0 Å². The molecule has 0 rings (SSSR count). The van der Waals surface area contributed by atoms with Crippen LogP contribution in [0.25, 0.3) is 0 Å². The van der Waals surface area contributed by atoms with Crippen molar-refractivity contribution in [3.05, 3.63) is 0 Å². The van der Waals surface area contributed by atoms with Gasteiger partial charge >= 0.3 is 9.28 Å². The molecule has 0 fully saturated rings. The fourth-order valence-electron chi connectivity index (χ4n) is 0.0962. The third-order valence-corrected chi connectivity index (χ3v) is 1.99. The van der Waals surface area contributed by atoms with Gasteiger partial charge < -0.3 is 13.6 Å². The second-order valence-electron chi connectivity index (χ2n) is 1.04. The molecule has 52 valence electrons. The summed E-state index contributed by atoms with van der Waals surface area (Å²) >= 11 is 0. The molecule has 0 heterocycles. The van der Waals surface area contributed by atoms with Crippen molar-refractivity contribution in [1.82, 2.24) is 0 Å². The molecule has 0 bridgehead atoms. The van der Waals surface area contributed by atoms with Gasteiger partial charge in [-0.3, -0.25) is 0 Å². The molecule has 0 aliphatic carbocycles. The Bertz CT molecular complexity index is 31.7. The Morgan fingerprint density at radius 3 is 1.50 bits per heavy atom. The zero-order valence-corrected chi connectivity index (χ0v) is 9.00. The monoisotopic (exact) mass is 154 g/mol. The van der Waals surface area contributed by atoms with E-state index < -0.39 is 9.28 Å². The summed E-state index contributed by atoms with van der Waals surface area (Å²) in [6.45, 7) is 1.97. The molecule has 5 heteroatoms. The molecule has 0 aliphatic heterocycles. The Morgan fingerprint density at radius 1 is 1.25 bits per heavy atom. The van der Waals surface area contributed by atoms with Crippen LogP contribution in [-0.2, 0) is 8.85 Å². The number of hydrogen-bond acceptors (Lipinski definition) is 3. The first-order chi connectivity index (χ1) is 3.81. The average Bonchev–Trinajstić information content (AvgIpc) is 1.91. The van der Waals surface area contributed by atoms with Crippen molar-refractivity contribution in [2.75, 3.05) is 14.2 Å². The second kappa shape index (κ2) is 10.3. The maximum atomic E-state index is 7.14. The molecular weight excluding hydrogens is 140 g/mol. The maximum Gasteiger partial charge on any atom is 0.317 e. The van der Waals surface area contributed by atoms with Gasteiger partial charge in [0, 0.05) is 14.2 Å². The molecule has 0 aromatic heterocycles. The predicted octanol–water partition coefficient (Wildman–Crippen LogP) is -1.61. The van der Waals surface area contributed by atoms with Crippen LogP contribution < -0.4 is 0 Å². The zero-order valence-electron chi connectivity index (χ0n) is 5.84. The number of hydrogen-bond donors (Lipinski definition) is 1. The van der Waals surface area contributed by atoms with Gasteiger partial charge in [0.1, 0.15) is 10.5 Å². The first kappa shape index (κ1) is 11.2. The van der Waals surface area contributed by atoms with Gasteiger partial charge in [-0.2, -0.15) is 0 Å². The Hall–Kier alpha value is 0.314. The molecule has 3 nitrogen and oxygen atoms in total. The van der Waals surface area contributed by atoms with E-state index in [0.717, 1.165) is 0 Å². The Morgan fingerprint density at radius 2 is 1.50 bits per heavy atom. The molecule has 0 saturated heterocycles. The normalized spacial score (nSPS) is 8.62. The van der Waals surface area contributed by atoms with Gasteiger partial charge in [-0.1, -0.05) is 0 Å². The quantitative estimate of drug-likeness (QED) is 0.486. The highest BCUT2D eigenvalue weighted by Crippen LogP contribution is 1.77. The van der Waals surface area contributed by atoms with Gasteiger partial charge in [-0.15, -0.1) is 0 Å². The summed E-state index contributed by atoms with van der Waals surface area (Å²) in [6.07, 6.45) is 0. The Labute approximate surface area is 55.0 Å². The number of rotatable bonds is 2. The van der Waals surface area contributed by atoms with Crippen LogP contribution in [0.1, 0.15) is 0 Å². The van der Waals surface area contributed by atoms with Gasteiger partial charge in [-0.25, -0.2) is 0 Å². The van der Waals surface area contributed by atoms with Crippen LogP contribution in [0.2, 0.25) is 6.55 Å². The minimum Gasteiger partial charge on any atom is -0.442 e. The van der Waals surface area contributed by atoms with E-state index in [4.69, 9.17) is 13.6 Å². The van der Waals surface area contributed by atoms with E-state index >= 15 is 0 Å². The van der Waals surface area contributed by atoms with E-state index in [0.29, 0.717) is 10.5 Å². The van der Waals surface area contributed by atoms with Crippen LogP contribution >= 0.6 is 0 Å². The Balaban J connectivity index is 0. The first-order valence-electron chi connectivity index (χ1n) is 2.31. The lowest BCUT2D eigenvalue weighted by Gasteiger charge is -2.00. The summed E-state index contributed by atoms with van der Waals surface area (Å²) in [4.78, 5) is 7.14. The summed E-state index contributed by atoms with van der Waals surface area (Å²) in [5.74, 6) is 0. The molecule has 8 heavy (non-hydrogen) atoms. The molecule has 0 aromatic rings. The third kappa shape index (κ3) is 9.58. The lowest BCUT2D eigenvalue weighted by atomic mass is 11.8. The van der Waals surface area contributed by atoms with Gasteiger partial charge in [0.05, 0.1) is 0 Å².